The fraction of sp³-hybridized carbons (Fsp3) is 0. The highest BCUT2D eigenvalue weighted by Gasteiger charge is 2.20. The summed E-state index contributed by atoms with van der Waals surface area (Å²) in [5, 5.41) is 12.5. The highest BCUT2D eigenvalue weighted by atomic mass is 35.5. The number of nitrogen functional groups attached to an aromatic ring is 1. The van der Waals surface area contributed by atoms with Crippen molar-refractivity contribution in [3.05, 3.63) is 64.4 Å². The van der Waals surface area contributed by atoms with E-state index in [-0.39, 0.29) is 27.3 Å². The molecule has 0 aliphatic rings. The Kier molecular flexibility index (Phi) is 5.99. The Labute approximate surface area is 187 Å². The molecule has 11 heteroatoms. The molecule has 0 unspecified atom stereocenters. The van der Waals surface area contributed by atoms with E-state index < -0.39 is 15.8 Å². The Hall–Kier alpha value is -2.36. The van der Waals surface area contributed by atoms with E-state index in [2.05, 4.69) is 10.2 Å². The van der Waals surface area contributed by atoms with E-state index in [9.17, 15) is 12.8 Å². The van der Waals surface area contributed by atoms with Crippen molar-refractivity contribution in [3.63, 3.8) is 0 Å². The molecule has 0 radical (unpaired) electrons. The lowest BCUT2D eigenvalue weighted by Crippen LogP contribution is -2.12. The number of sulfonamides is 1. The highest BCUT2D eigenvalue weighted by molar-refractivity contribution is 7.89. The van der Waals surface area contributed by atoms with Crippen LogP contribution in [0.15, 0.2) is 53.4 Å². The Morgan fingerprint density at radius 3 is 2.33 bits per heavy atom. The molecule has 6 nitrogen and oxygen atoms in total. The van der Waals surface area contributed by atoms with Crippen LogP contribution in [0.5, 0.6) is 0 Å². The number of H-pyrrole nitrogens is 1. The van der Waals surface area contributed by atoms with Gasteiger partial charge in [-0.05, 0) is 47.0 Å². The number of aromatic nitrogens is 2. The Balaban J connectivity index is 0.00000256. The Morgan fingerprint density at radius 2 is 1.63 bits per heavy atom. The summed E-state index contributed by atoms with van der Waals surface area (Å²) >= 11 is 12.5. The normalized spacial score (nSPS) is 11.5. The summed E-state index contributed by atoms with van der Waals surface area (Å²) < 4.78 is 37.4. The molecule has 0 fully saturated rings. The van der Waals surface area contributed by atoms with Crippen molar-refractivity contribution in [1.29, 1.82) is 0 Å². The van der Waals surface area contributed by atoms with Crippen LogP contribution in [-0.2, 0) is 10.0 Å². The molecule has 3 aromatic carbocycles. The maximum Gasteiger partial charge on any atom is 0.239 e. The average molecular weight is 488 g/mol. The third kappa shape index (κ3) is 3.84. The van der Waals surface area contributed by atoms with Gasteiger partial charge in [0.1, 0.15) is 10.7 Å². The minimum Gasteiger partial charge on any atom is -0.382 e. The number of halogens is 4. The van der Waals surface area contributed by atoms with Crippen molar-refractivity contribution in [2.24, 2.45) is 5.14 Å². The average Bonchev–Trinajstić information content (AvgIpc) is 3.03. The first-order valence-electron chi connectivity index (χ1n) is 8.21. The molecule has 1 heterocycles. The van der Waals surface area contributed by atoms with Gasteiger partial charge in [0.25, 0.3) is 0 Å². The molecule has 0 bridgehead atoms. The molecule has 0 atom stereocenters. The van der Waals surface area contributed by atoms with Gasteiger partial charge in [-0.3, -0.25) is 5.10 Å². The molecule has 1 aromatic heterocycles. The second kappa shape index (κ2) is 8.05. The molecule has 5 N–H and O–H groups in total. The van der Waals surface area contributed by atoms with E-state index in [1.807, 2.05) is 0 Å². The number of anilines is 1. The largest absolute Gasteiger partial charge is 0.382 e. The van der Waals surface area contributed by atoms with Crippen LogP contribution in [-0.4, -0.2) is 18.6 Å². The first-order chi connectivity index (χ1) is 13.7. The third-order valence-corrected chi connectivity index (χ3v) is 6.48. The zero-order valence-corrected chi connectivity index (χ0v) is 18.1. The predicted octanol–water partition coefficient (Wildman–Crippen LogP) is 4.99. The fourth-order valence-electron chi connectivity index (χ4n) is 3.16. The molecular formula is C19H14Cl3FN4O2S. The summed E-state index contributed by atoms with van der Waals surface area (Å²) in [5.41, 5.74) is 8.69. The van der Waals surface area contributed by atoms with Gasteiger partial charge in [0.05, 0.1) is 15.6 Å². The number of nitrogens with two attached hydrogens (primary N) is 2. The number of hydrogen-bond acceptors (Lipinski definition) is 4. The van der Waals surface area contributed by atoms with Crippen molar-refractivity contribution in [1.82, 2.24) is 10.2 Å². The highest BCUT2D eigenvalue weighted by Crippen LogP contribution is 2.42. The van der Waals surface area contributed by atoms with E-state index in [1.54, 1.807) is 24.3 Å². The van der Waals surface area contributed by atoms with E-state index >= 15 is 0 Å². The van der Waals surface area contributed by atoms with Crippen molar-refractivity contribution < 1.29 is 12.8 Å². The third-order valence-electron chi connectivity index (χ3n) is 4.53. The lowest BCUT2D eigenvalue weighted by atomic mass is 9.94. The van der Waals surface area contributed by atoms with E-state index in [4.69, 9.17) is 34.1 Å². The quantitative estimate of drug-likeness (QED) is 0.377. The number of rotatable bonds is 3. The standard InChI is InChI=1S/C19H13Cl2FN4O2S.ClH/c20-17-12(5-6-16(18(17)21)29(24,27)28)11-4-2-10(22)8-14(11)9-1-3-13-15(7-9)25-26-19(13)23;/h1-8H,(H3,23,25,26)(H2,24,27,28);1H. The van der Waals surface area contributed by atoms with Crippen LogP contribution in [0.4, 0.5) is 10.2 Å². The zero-order valence-electron chi connectivity index (χ0n) is 15.0. The number of primary sulfonamides is 1. The van der Waals surface area contributed by atoms with Gasteiger partial charge >= 0.3 is 0 Å². The van der Waals surface area contributed by atoms with Crippen LogP contribution in [0.25, 0.3) is 33.2 Å². The lowest BCUT2D eigenvalue weighted by molar-refractivity contribution is 0.598. The first kappa shape index (κ1) is 22.3. The summed E-state index contributed by atoms with van der Waals surface area (Å²) in [6, 6.07) is 12.3. The molecule has 0 aliphatic carbocycles. The number of aromatic amines is 1. The minimum atomic E-state index is -4.05. The number of nitrogens with one attached hydrogen (secondary N) is 1. The maximum atomic E-state index is 14.1. The van der Waals surface area contributed by atoms with Gasteiger partial charge in [-0.2, -0.15) is 5.10 Å². The smallest absolute Gasteiger partial charge is 0.239 e. The zero-order chi connectivity index (χ0) is 20.9. The predicted molar refractivity (Wildman–Crippen MR) is 120 cm³/mol. The van der Waals surface area contributed by atoms with Gasteiger partial charge in [-0.1, -0.05) is 41.4 Å². The minimum absolute atomic E-state index is 0. The van der Waals surface area contributed by atoms with Crippen molar-refractivity contribution in [2.45, 2.75) is 4.90 Å². The van der Waals surface area contributed by atoms with Gasteiger partial charge in [0.2, 0.25) is 10.0 Å². The van der Waals surface area contributed by atoms with Crippen LogP contribution in [0.3, 0.4) is 0 Å². The molecule has 0 amide bonds. The van der Waals surface area contributed by atoms with Gasteiger partial charge in [0, 0.05) is 10.9 Å². The van der Waals surface area contributed by atoms with Crippen LogP contribution in [0.2, 0.25) is 10.0 Å². The van der Waals surface area contributed by atoms with Gasteiger partial charge < -0.3 is 5.73 Å². The van der Waals surface area contributed by atoms with Crippen LogP contribution >= 0.6 is 35.6 Å². The lowest BCUT2D eigenvalue weighted by Gasteiger charge is -2.14. The maximum absolute atomic E-state index is 14.1. The van der Waals surface area contributed by atoms with E-state index in [0.29, 0.717) is 33.6 Å². The summed E-state index contributed by atoms with van der Waals surface area (Å²) in [6.07, 6.45) is 0. The molecule has 4 rings (SSSR count). The molecule has 0 aliphatic heterocycles. The Bertz CT molecular complexity index is 1390. The molecule has 0 saturated heterocycles. The molecule has 4 aromatic rings. The molecule has 156 valence electrons. The second-order valence-corrected chi connectivity index (χ2v) is 8.63. The van der Waals surface area contributed by atoms with Crippen LogP contribution in [0.1, 0.15) is 0 Å². The van der Waals surface area contributed by atoms with Gasteiger partial charge in [-0.25, -0.2) is 17.9 Å². The van der Waals surface area contributed by atoms with E-state index in [1.165, 1.54) is 24.3 Å². The summed E-state index contributed by atoms with van der Waals surface area (Å²) in [6.45, 7) is 0. The van der Waals surface area contributed by atoms with Crippen molar-refractivity contribution >= 4 is 62.4 Å². The fourth-order valence-corrected chi connectivity index (χ4v) is 4.58. The number of hydrogen-bond donors (Lipinski definition) is 3. The molecular weight excluding hydrogens is 474 g/mol. The first-order valence-corrected chi connectivity index (χ1v) is 10.5. The molecule has 30 heavy (non-hydrogen) atoms. The molecule has 0 spiro atoms. The monoisotopic (exact) mass is 486 g/mol. The summed E-state index contributed by atoms with van der Waals surface area (Å²) in [7, 11) is -4.05. The van der Waals surface area contributed by atoms with Gasteiger partial charge in [-0.15, -0.1) is 12.4 Å². The second-order valence-electron chi connectivity index (χ2n) is 6.34. The number of fused-ring (bicyclic) bond motifs is 1. The number of benzene rings is 3. The SMILES string of the molecule is Cl.Nc1n[nH]c2cc(-c3cc(F)ccc3-c3ccc(S(N)(=O)=O)c(Cl)c3Cl)ccc12. The van der Waals surface area contributed by atoms with Crippen molar-refractivity contribution in [3.8, 4) is 22.3 Å². The summed E-state index contributed by atoms with van der Waals surface area (Å²) in [4.78, 5) is -0.286. The Morgan fingerprint density at radius 1 is 0.933 bits per heavy atom. The van der Waals surface area contributed by atoms with Gasteiger partial charge in [0.15, 0.2) is 5.82 Å². The topological polar surface area (TPSA) is 115 Å². The van der Waals surface area contributed by atoms with E-state index in [0.717, 1.165) is 5.39 Å². The molecule has 0 saturated carbocycles. The summed E-state index contributed by atoms with van der Waals surface area (Å²) in [5.74, 6) is -0.0872. The van der Waals surface area contributed by atoms with Crippen LogP contribution < -0.4 is 10.9 Å². The van der Waals surface area contributed by atoms with Crippen LogP contribution in [0, 0.1) is 5.82 Å². The van der Waals surface area contributed by atoms with Crippen molar-refractivity contribution in [2.75, 3.05) is 5.73 Å². The number of nitrogens with zero attached hydrogens (tertiary/aromatic N) is 1.